The van der Waals surface area contributed by atoms with Crippen LogP contribution < -0.4 is 10.6 Å². The summed E-state index contributed by atoms with van der Waals surface area (Å²) >= 11 is 6.15. The van der Waals surface area contributed by atoms with Crippen molar-refractivity contribution in [2.24, 2.45) is 5.92 Å². The number of likely N-dealkylation sites (tertiary alicyclic amines) is 1. The van der Waals surface area contributed by atoms with Crippen molar-refractivity contribution in [3.8, 4) is 5.69 Å². The van der Waals surface area contributed by atoms with Gasteiger partial charge in [0.05, 0.1) is 17.5 Å². The first-order valence-electron chi connectivity index (χ1n) is 13.3. The van der Waals surface area contributed by atoms with Crippen molar-refractivity contribution in [3.63, 3.8) is 0 Å². The number of halogens is 1. The Morgan fingerprint density at radius 3 is 2.68 bits per heavy atom. The number of amides is 2. The molecule has 9 heteroatoms. The molecule has 8 nitrogen and oxygen atoms in total. The van der Waals surface area contributed by atoms with E-state index in [4.69, 9.17) is 11.6 Å². The zero-order chi connectivity index (χ0) is 26.1. The molecule has 2 aliphatic rings. The second-order valence-electron chi connectivity index (χ2n) is 10.2. The summed E-state index contributed by atoms with van der Waals surface area (Å²) in [7, 11) is 0. The highest BCUT2D eigenvalue weighted by molar-refractivity contribution is 6.35. The molecule has 2 amide bonds. The van der Waals surface area contributed by atoms with E-state index in [1.807, 2.05) is 42.7 Å². The molecule has 196 valence electrons. The van der Waals surface area contributed by atoms with Gasteiger partial charge in [0, 0.05) is 52.5 Å². The van der Waals surface area contributed by atoms with Crippen LogP contribution in [0.25, 0.3) is 16.6 Å². The van der Waals surface area contributed by atoms with E-state index in [0.29, 0.717) is 10.6 Å². The summed E-state index contributed by atoms with van der Waals surface area (Å²) in [5.41, 5.74) is 3.11. The number of aromatic amines is 1. The summed E-state index contributed by atoms with van der Waals surface area (Å²) in [4.78, 5) is 36.2. The Kier molecular flexibility index (Phi) is 6.91. The molecule has 2 atom stereocenters. The van der Waals surface area contributed by atoms with E-state index in [2.05, 4.69) is 30.1 Å². The lowest BCUT2D eigenvalue weighted by Crippen LogP contribution is -2.41. The summed E-state index contributed by atoms with van der Waals surface area (Å²) < 4.78 is 2.10. The van der Waals surface area contributed by atoms with Gasteiger partial charge >= 0.3 is 0 Å². The number of nitrogens with zero attached hydrogens (tertiary/aromatic N) is 3. The highest BCUT2D eigenvalue weighted by Gasteiger charge is 2.34. The Hall–Kier alpha value is -3.62. The first-order chi connectivity index (χ1) is 18.5. The number of aromatic nitrogens is 3. The standard InChI is InChI=1S/C29H31ClN6O2/c30-24-17-32-26-16-19(6-11-22(24)26)28(37)34-25-5-3-4-23(25)29(38)33-20-7-9-21(10-8-20)36-15-12-31-27(36)18-35-13-1-2-14-35/h6-12,15-17,23,25,32H,1-5,13-14,18H2,(H,33,38)(H,34,37)/t23-,25+/m0/s1. The molecule has 1 aliphatic heterocycles. The van der Waals surface area contributed by atoms with Crippen LogP contribution in [-0.4, -0.2) is 50.4 Å². The average molecular weight is 531 g/mol. The van der Waals surface area contributed by atoms with Gasteiger partial charge < -0.3 is 20.2 Å². The Morgan fingerprint density at radius 1 is 1.05 bits per heavy atom. The number of carbonyl (C=O) groups is 2. The fraction of sp³-hybridized carbons (Fsp3) is 0.345. The predicted molar refractivity (Wildman–Crippen MR) is 149 cm³/mol. The molecule has 2 aromatic carbocycles. The molecule has 2 fully saturated rings. The van der Waals surface area contributed by atoms with Crippen molar-refractivity contribution in [2.45, 2.75) is 44.7 Å². The van der Waals surface area contributed by atoms with Gasteiger partial charge in [0.2, 0.25) is 5.91 Å². The molecule has 2 aromatic heterocycles. The Labute approximate surface area is 226 Å². The number of imidazole rings is 1. The van der Waals surface area contributed by atoms with Gasteiger partial charge in [-0.05, 0) is 75.2 Å². The second kappa shape index (κ2) is 10.6. The van der Waals surface area contributed by atoms with Crippen LogP contribution in [0.2, 0.25) is 5.02 Å². The average Bonchev–Trinajstić information content (AvgIpc) is 3.74. The molecule has 0 bridgehead atoms. The number of hydrogen-bond donors (Lipinski definition) is 3. The molecule has 1 saturated heterocycles. The number of nitrogens with one attached hydrogen (secondary N) is 3. The molecule has 6 rings (SSSR count). The number of benzene rings is 2. The molecular weight excluding hydrogens is 500 g/mol. The number of rotatable bonds is 7. The van der Waals surface area contributed by atoms with Gasteiger partial charge in [-0.2, -0.15) is 0 Å². The molecule has 0 unspecified atom stereocenters. The number of anilines is 1. The smallest absolute Gasteiger partial charge is 0.251 e. The third kappa shape index (κ3) is 5.06. The Balaban J connectivity index is 1.09. The van der Waals surface area contributed by atoms with Gasteiger partial charge in [0.1, 0.15) is 5.82 Å². The molecule has 38 heavy (non-hydrogen) atoms. The molecule has 0 spiro atoms. The molecule has 1 saturated carbocycles. The van der Waals surface area contributed by atoms with E-state index < -0.39 is 0 Å². The summed E-state index contributed by atoms with van der Waals surface area (Å²) in [5, 5.41) is 7.65. The minimum absolute atomic E-state index is 0.0653. The minimum Gasteiger partial charge on any atom is -0.360 e. The van der Waals surface area contributed by atoms with Crippen LogP contribution in [0.15, 0.2) is 61.1 Å². The van der Waals surface area contributed by atoms with E-state index in [1.165, 1.54) is 12.8 Å². The molecule has 0 radical (unpaired) electrons. The molecule has 1 aliphatic carbocycles. The maximum atomic E-state index is 13.2. The van der Waals surface area contributed by atoms with E-state index >= 15 is 0 Å². The van der Waals surface area contributed by atoms with Crippen LogP contribution >= 0.6 is 11.6 Å². The van der Waals surface area contributed by atoms with Crippen molar-refractivity contribution >= 4 is 40.0 Å². The summed E-state index contributed by atoms with van der Waals surface area (Å²) in [6.45, 7) is 3.08. The van der Waals surface area contributed by atoms with Crippen molar-refractivity contribution in [1.29, 1.82) is 0 Å². The van der Waals surface area contributed by atoms with Crippen molar-refractivity contribution in [1.82, 2.24) is 24.8 Å². The Bertz CT molecular complexity index is 1450. The van der Waals surface area contributed by atoms with Crippen LogP contribution in [0.4, 0.5) is 5.69 Å². The van der Waals surface area contributed by atoms with Gasteiger partial charge in [0.25, 0.3) is 5.91 Å². The van der Waals surface area contributed by atoms with Crippen LogP contribution in [0.1, 0.15) is 48.3 Å². The third-order valence-electron chi connectivity index (χ3n) is 7.76. The highest BCUT2D eigenvalue weighted by atomic mass is 35.5. The largest absolute Gasteiger partial charge is 0.360 e. The van der Waals surface area contributed by atoms with Crippen LogP contribution in [0.5, 0.6) is 0 Å². The summed E-state index contributed by atoms with van der Waals surface area (Å²) in [5.74, 6) is 0.496. The lowest BCUT2D eigenvalue weighted by atomic mass is 10.0. The third-order valence-corrected chi connectivity index (χ3v) is 8.07. The zero-order valence-corrected chi connectivity index (χ0v) is 21.9. The number of fused-ring (bicyclic) bond motifs is 1. The first kappa shape index (κ1) is 24.7. The lowest BCUT2D eigenvalue weighted by molar-refractivity contribution is -0.120. The van der Waals surface area contributed by atoms with Crippen LogP contribution in [0.3, 0.4) is 0 Å². The SMILES string of the molecule is O=C(N[C@@H]1CCC[C@@H]1C(=O)Nc1ccc(-n2ccnc2CN2CCCC2)cc1)c1ccc2c(Cl)c[nH]c2c1. The molecule has 3 N–H and O–H groups in total. The van der Waals surface area contributed by atoms with Crippen molar-refractivity contribution in [3.05, 3.63) is 77.5 Å². The maximum Gasteiger partial charge on any atom is 0.251 e. The highest BCUT2D eigenvalue weighted by Crippen LogP contribution is 2.29. The van der Waals surface area contributed by atoms with Gasteiger partial charge in [-0.15, -0.1) is 0 Å². The molecular formula is C29H31ClN6O2. The molecule has 4 aromatic rings. The lowest BCUT2D eigenvalue weighted by Gasteiger charge is -2.21. The predicted octanol–water partition coefficient (Wildman–Crippen LogP) is 5.14. The second-order valence-corrected chi connectivity index (χ2v) is 10.7. The zero-order valence-electron chi connectivity index (χ0n) is 21.1. The fourth-order valence-corrected chi connectivity index (χ4v) is 5.92. The normalized spacial score (nSPS) is 19.7. The number of H-pyrrole nitrogens is 1. The monoisotopic (exact) mass is 530 g/mol. The van der Waals surface area contributed by atoms with E-state index in [9.17, 15) is 9.59 Å². The van der Waals surface area contributed by atoms with Crippen LogP contribution in [0, 0.1) is 5.92 Å². The number of hydrogen-bond acceptors (Lipinski definition) is 4. The van der Waals surface area contributed by atoms with Gasteiger partial charge in [-0.1, -0.05) is 24.1 Å². The van der Waals surface area contributed by atoms with Gasteiger partial charge in [-0.3, -0.25) is 14.5 Å². The minimum atomic E-state index is -0.275. The van der Waals surface area contributed by atoms with Crippen molar-refractivity contribution in [2.75, 3.05) is 18.4 Å². The van der Waals surface area contributed by atoms with E-state index in [0.717, 1.165) is 67.0 Å². The Morgan fingerprint density at radius 2 is 1.87 bits per heavy atom. The summed E-state index contributed by atoms with van der Waals surface area (Å²) in [6.07, 6.45) is 10.4. The van der Waals surface area contributed by atoms with Crippen LogP contribution in [-0.2, 0) is 11.3 Å². The molecule has 3 heterocycles. The van der Waals surface area contributed by atoms with Crippen molar-refractivity contribution < 1.29 is 9.59 Å². The fourth-order valence-electron chi connectivity index (χ4n) is 5.70. The summed E-state index contributed by atoms with van der Waals surface area (Å²) in [6, 6.07) is 13.0. The van der Waals surface area contributed by atoms with Gasteiger partial charge in [-0.25, -0.2) is 4.98 Å². The van der Waals surface area contributed by atoms with Gasteiger partial charge in [0.15, 0.2) is 0 Å². The topological polar surface area (TPSA) is 95.1 Å². The van der Waals surface area contributed by atoms with E-state index in [-0.39, 0.29) is 23.8 Å². The van der Waals surface area contributed by atoms with E-state index in [1.54, 1.807) is 18.3 Å². The maximum absolute atomic E-state index is 13.2. The first-order valence-corrected chi connectivity index (χ1v) is 13.7. The quantitative estimate of drug-likeness (QED) is 0.308. The number of carbonyl (C=O) groups excluding carboxylic acids is 2.